The Kier molecular flexibility index (Phi) is 6.05. The molecule has 0 spiro atoms. The lowest BCUT2D eigenvalue weighted by Crippen LogP contribution is -2.39. The van der Waals surface area contributed by atoms with Crippen LogP contribution in [0.2, 0.25) is 0 Å². The fourth-order valence-corrected chi connectivity index (χ4v) is 4.37. The van der Waals surface area contributed by atoms with E-state index in [1.165, 1.54) is 18.8 Å². The molecule has 0 aliphatic rings. The van der Waals surface area contributed by atoms with Crippen LogP contribution in [0.25, 0.3) is 22.7 Å². The first-order chi connectivity index (χ1) is 15.3. The normalized spacial score (nSPS) is 11.7. The van der Waals surface area contributed by atoms with E-state index >= 15 is 0 Å². The third kappa shape index (κ3) is 3.90. The molecule has 0 amide bonds. The summed E-state index contributed by atoms with van der Waals surface area (Å²) in [5, 5.41) is 0.883. The van der Waals surface area contributed by atoms with Crippen molar-refractivity contribution in [2.45, 2.75) is 57.4 Å². The second-order valence-corrected chi connectivity index (χ2v) is 8.79. The Morgan fingerprint density at radius 1 is 1.19 bits per heavy atom. The Balaban J connectivity index is 1.82. The Morgan fingerprint density at radius 2 is 1.97 bits per heavy atom. The molecule has 0 aromatic carbocycles. The number of nitrogens with zero attached hydrogens (tertiary/aromatic N) is 5. The van der Waals surface area contributed by atoms with Crippen molar-refractivity contribution < 1.29 is 8.83 Å². The van der Waals surface area contributed by atoms with Crippen molar-refractivity contribution in [2.75, 3.05) is 0 Å². The summed E-state index contributed by atoms with van der Waals surface area (Å²) in [6.07, 6.45) is 2.31. The van der Waals surface area contributed by atoms with Gasteiger partial charge < -0.3 is 8.83 Å². The molecule has 0 fully saturated rings. The summed E-state index contributed by atoms with van der Waals surface area (Å²) in [5.74, 6) is 2.69. The molecule has 0 saturated heterocycles. The lowest BCUT2D eigenvalue weighted by atomic mass is 10.2. The molecule has 4 aromatic rings. The van der Waals surface area contributed by atoms with Gasteiger partial charge in [0.1, 0.15) is 22.0 Å². The van der Waals surface area contributed by atoms with Crippen molar-refractivity contribution >= 4 is 22.8 Å². The maximum absolute atomic E-state index is 13.1. The van der Waals surface area contributed by atoms with Crippen LogP contribution >= 0.6 is 11.8 Å². The molecule has 168 valence electrons. The summed E-state index contributed by atoms with van der Waals surface area (Å²) in [7, 11) is 1.48. The van der Waals surface area contributed by atoms with Crippen molar-refractivity contribution in [2.24, 2.45) is 7.05 Å². The first kappa shape index (κ1) is 22.1. The fourth-order valence-electron chi connectivity index (χ4n) is 3.35. The van der Waals surface area contributed by atoms with E-state index in [2.05, 4.69) is 15.0 Å². The molecular formula is C22H25N5O4S. The van der Waals surface area contributed by atoms with Gasteiger partial charge >= 0.3 is 5.69 Å². The van der Waals surface area contributed by atoms with Crippen LogP contribution in [0, 0.1) is 6.92 Å². The zero-order valence-corrected chi connectivity index (χ0v) is 19.5. The highest BCUT2D eigenvalue weighted by atomic mass is 32.2. The van der Waals surface area contributed by atoms with Crippen LogP contribution < -0.4 is 11.2 Å². The van der Waals surface area contributed by atoms with Crippen molar-refractivity contribution in [1.82, 2.24) is 24.1 Å². The average molecular weight is 456 g/mol. The minimum absolute atomic E-state index is 0.0346. The molecule has 0 aliphatic heterocycles. The summed E-state index contributed by atoms with van der Waals surface area (Å²) in [6.45, 7) is 8.25. The van der Waals surface area contributed by atoms with Gasteiger partial charge in [0.15, 0.2) is 11.4 Å². The van der Waals surface area contributed by atoms with Gasteiger partial charge in [-0.1, -0.05) is 32.5 Å². The third-order valence-corrected chi connectivity index (χ3v) is 6.09. The van der Waals surface area contributed by atoms with Crippen LogP contribution in [0.15, 0.2) is 41.8 Å². The number of aromatic nitrogens is 5. The van der Waals surface area contributed by atoms with Crippen LogP contribution in [0.1, 0.15) is 50.4 Å². The maximum Gasteiger partial charge on any atom is 0.332 e. The van der Waals surface area contributed by atoms with E-state index in [1.54, 1.807) is 23.0 Å². The lowest BCUT2D eigenvalue weighted by Gasteiger charge is -2.15. The van der Waals surface area contributed by atoms with E-state index < -0.39 is 5.56 Å². The molecule has 9 nitrogen and oxygen atoms in total. The summed E-state index contributed by atoms with van der Waals surface area (Å²) < 4.78 is 13.8. The van der Waals surface area contributed by atoms with Gasteiger partial charge in [0, 0.05) is 25.3 Å². The smallest absolute Gasteiger partial charge is 0.332 e. The molecule has 0 N–H and O–H groups in total. The monoisotopic (exact) mass is 455 g/mol. The van der Waals surface area contributed by atoms with Crippen molar-refractivity contribution in [1.29, 1.82) is 0 Å². The van der Waals surface area contributed by atoms with Crippen LogP contribution in [-0.4, -0.2) is 24.1 Å². The van der Waals surface area contributed by atoms with Gasteiger partial charge in [0.2, 0.25) is 0 Å². The Hall–Kier alpha value is -3.14. The van der Waals surface area contributed by atoms with Crippen molar-refractivity contribution in [3.63, 3.8) is 0 Å². The molecule has 0 atom stereocenters. The highest BCUT2D eigenvalue weighted by Gasteiger charge is 2.21. The molecule has 0 unspecified atom stereocenters. The summed E-state index contributed by atoms with van der Waals surface area (Å²) in [5.41, 5.74) is 0.347. The van der Waals surface area contributed by atoms with E-state index in [0.29, 0.717) is 51.6 Å². The number of rotatable bonds is 7. The average Bonchev–Trinajstić information content (AvgIpc) is 3.43. The Bertz CT molecular complexity index is 1380. The second kappa shape index (κ2) is 8.78. The number of hydrogen-bond acceptors (Lipinski definition) is 8. The van der Waals surface area contributed by atoms with Crippen LogP contribution in [0.3, 0.4) is 0 Å². The largest absolute Gasteiger partial charge is 0.459 e. The van der Waals surface area contributed by atoms with Crippen LogP contribution in [0.4, 0.5) is 0 Å². The maximum atomic E-state index is 13.1. The van der Waals surface area contributed by atoms with Gasteiger partial charge in [-0.2, -0.15) is 0 Å². The standard InChI is InChI=1S/C22H25N5O4S/c1-6-9-27-18-16(21(28)26(5)22(27)29)20(25-17(24-18)12(2)3)32-11-14-13(4)31-19(23-14)15-8-7-10-30-15/h7-8,10,12H,6,9,11H2,1-5H3. The van der Waals surface area contributed by atoms with E-state index in [9.17, 15) is 9.59 Å². The number of aryl methyl sites for hydroxylation is 2. The minimum Gasteiger partial charge on any atom is -0.459 e. The molecule has 0 radical (unpaired) electrons. The fraction of sp³-hybridized carbons (Fsp3) is 0.409. The second-order valence-electron chi connectivity index (χ2n) is 7.83. The molecule has 4 heterocycles. The molecule has 4 rings (SSSR count). The highest BCUT2D eigenvalue weighted by Crippen LogP contribution is 2.30. The van der Waals surface area contributed by atoms with Gasteiger partial charge in [0.05, 0.1) is 12.0 Å². The van der Waals surface area contributed by atoms with E-state index in [0.717, 1.165) is 16.7 Å². The number of oxazole rings is 1. The summed E-state index contributed by atoms with van der Waals surface area (Å²) in [6, 6.07) is 3.56. The molecule has 10 heteroatoms. The van der Waals surface area contributed by atoms with Crippen LogP contribution in [-0.2, 0) is 19.3 Å². The van der Waals surface area contributed by atoms with E-state index in [-0.39, 0.29) is 11.6 Å². The van der Waals surface area contributed by atoms with Crippen molar-refractivity contribution in [3.8, 4) is 11.7 Å². The molecule has 32 heavy (non-hydrogen) atoms. The van der Waals surface area contributed by atoms with Crippen LogP contribution in [0.5, 0.6) is 0 Å². The molecule has 0 saturated carbocycles. The zero-order chi connectivity index (χ0) is 23.0. The number of furan rings is 1. The van der Waals surface area contributed by atoms with Gasteiger partial charge in [-0.05, 0) is 25.5 Å². The van der Waals surface area contributed by atoms with Gasteiger partial charge in [-0.15, -0.1) is 0 Å². The predicted molar refractivity (Wildman–Crippen MR) is 122 cm³/mol. The number of fused-ring (bicyclic) bond motifs is 1. The van der Waals surface area contributed by atoms with Gasteiger partial charge in [0.25, 0.3) is 11.4 Å². The zero-order valence-electron chi connectivity index (χ0n) is 18.7. The minimum atomic E-state index is -0.400. The predicted octanol–water partition coefficient (Wildman–Crippen LogP) is 3.87. The molecular weight excluding hydrogens is 430 g/mol. The quantitative estimate of drug-likeness (QED) is 0.305. The first-order valence-corrected chi connectivity index (χ1v) is 11.4. The molecule has 4 aromatic heterocycles. The van der Waals surface area contributed by atoms with Gasteiger partial charge in [-0.3, -0.25) is 13.9 Å². The topological polar surface area (TPSA) is 109 Å². The van der Waals surface area contributed by atoms with Crippen molar-refractivity contribution in [3.05, 3.63) is 56.5 Å². The highest BCUT2D eigenvalue weighted by molar-refractivity contribution is 7.98. The number of hydrogen-bond donors (Lipinski definition) is 0. The molecule has 0 bridgehead atoms. The lowest BCUT2D eigenvalue weighted by molar-refractivity contribution is 0.500. The van der Waals surface area contributed by atoms with E-state index in [4.69, 9.17) is 8.83 Å². The summed E-state index contributed by atoms with van der Waals surface area (Å²) in [4.78, 5) is 39.6. The molecule has 0 aliphatic carbocycles. The van der Waals surface area contributed by atoms with Gasteiger partial charge in [-0.25, -0.2) is 19.7 Å². The Morgan fingerprint density at radius 3 is 2.62 bits per heavy atom. The SMILES string of the molecule is CCCn1c(=O)n(C)c(=O)c2c(SCc3nc(-c4ccco4)oc3C)nc(C(C)C)nc21. The Labute approximate surface area is 188 Å². The van der Waals surface area contributed by atoms with E-state index in [1.807, 2.05) is 27.7 Å². The third-order valence-electron chi connectivity index (χ3n) is 5.10. The first-order valence-electron chi connectivity index (χ1n) is 10.5. The number of thioether (sulfide) groups is 1. The summed E-state index contributed by atoms with van der Waals surface area (Å²) >= 11 is 1.38.